The molecule has 0 bridgehead atoms. The van der Waals surface area contributed by atoms with Crippen LogP contribution in [0.15, 0.2) is 0 Å². The molecule has 23 nitrogen and oxygen atoms in total. The molecule has 2 aliphatic rings. The number of phenolic OH excluding ortho intramolecular Hbond substituents is 2. The fraction of sp³-hybridized carbons (Fsp3) is 0.632. The zero-order chi connectivity index (χ0) is 33.0. The van der Waals surface area contributed by atoms with E-state index in [2.05, 4.69) is 9.47 Å². The van der Waals surface area contributed by atoms with E-state index < -0.39 is 111 Å². The van der Waals surface area contributed by atoms with Crippen molar-refractivity contribution in [3.05, 3.63) is 11.1 Å². The lowest BCUT2D eigenvalue weighted by Crippen LogP contribution is -2.83. The topological polar surface area (TPSA) is 423 Å². The number of rotatable bonds is 7. The number of aromatic hydroxyl groups is 2. The highest BCUT2D eigenvalue weighted by Gasteiger charge is 2.79. The van der Waals surface area contributed by atoms with Gasteiger partial charge in [-0.05, 0) is 0 Å². The second-order valence-corrected chi connectivity index (χ2v) is 9.62. The van der Waals surface area contributed by atoms with E-state index in [0.29, 0.717) is 7.11 Å². The van der Waals surface area contributed by atoms with Gasteiger partial charge < -0.3 is 106 Å². The van der Waals surface area contributed by atoms with Crippen molar-refractivity contribution in [3.63, 3.8) is 0 Å². The highest BCUT2D eigenvalue weighted by molar-refractivity contribution is 5.85. The van der Waals surface area contributed by atoms with Crippen LogP contribution in [0, 0.1) is 5.92 Å². The molecule has 240 valence electrons. The number of phenols is 2. The van der Waals surface area contributed by atoms with Crippen LogP contribution >= 0.6 is 0 Å². The molecule has 19 N–H and O–H groups in total. The number of ketones is 1. The average molecular weight is 621 g/mol. The smallest absolute Gasteiger partial charge is 0.453 e. The van der Waals surface area contributed by atoms with Gasteiger partial charge in [-0.1, -0.05) is 0 Å². The predicted octanol–water partition coefficient (Wildman–Crippen LogP) is -10.4. The van der Waals surface area contributed by atoms with Gasteiger partial charge in [0.1, 0.15) is 5.78 Å². The van der Waals surface area contributed by atoms with Crippen LogP contribution in [0.3, 0.4) is 0 Å². The number of piperidine rings is 1. The monoisotopic (exact) mass is 621 g/mol. The Balaban J connectivity index is 2.37. The lowest BCUT2D eigenvalue weighted by molar-refractivity contribution is -0.547. The van der Waals surface area contributed by atoms with Gasteiger partial charge in [0.05, 0.1) is 30.6 Å². The Bertz CT molecular complexity index is 1260. The lowest BCUT2D eigenvalue weighted by atomic mass is 9.69. The fourth-order valence-electron chi connectivity index (χ4n) is 5.01. The van der Waals surface area contributed by atoms with Gasteiger partial charge in [0.15, 0.2) is 17.2 Å². The molecule has 2 atom stereocenters. The predicted molar refractivity (Wildman–Crippen MR) is 114 cm³/mol. The third kappa shape index (κ3) is 4.29. The summed E-state index contributed by atoms with van der Waals surface area (Å²) in [6.45, 7) is -1.97. The molecule has 0 amide bonds. The first-order valence-corrected chi connectivity index (χ1v) is 10.9. The number of aliphatic hydroxyl groups is 17. The molecule has 23 heteroatoms. The summed E-state index contributed by atoms with van der Waals surface area (Å²) >= 11 is 0. The minimum absolute atomic E-state index is 0.467. The Hall–Kier alpha value is -2.63. The maximum absolute atomic E-state index is 13.1. The van der Waals surface area contributed by atoms with Crippen molar-refractivity contribution >= 4 is 5.78 Å². The Kier molecular flexibility index (Phi) is 7.41. The summed E-state index contributed by atoms with van der Waals surface area (Å²) in [6.07, 6.45) is -6.03. The second-order valence-electron chi connectivity index (χ2n) is 9.62. The zero-order valence-corrected chi connectivity index (χ0v) is 20.7. The van der Waals surface area contributed by atoms with Crippen LogP contribution in [0.2, 0.25) is 0 Å². The Morgan fingerprint density at radius 1 is 0.762 bits per heavy atom. The van der Waals surface area contributed by atoms with E-state index in [4.69, 9.17) is 15.3 Å². The molecule has 2 heterocycles. The van der Waals surface area contributed by atoms with Gasteiger partial charge in [-0.25, -0.2) is 4.90 Å². The van der Waals surface area contributed by atoms with Crippen LogP contribution in [0.1, 0.15) is 17.5 Å². The van der Waals surface area contributed by atoms with Crippen LogP contribution in [0.4, 0.5) is 0 Å². The van der Waals surface area contributed by atoms with Crippen LogP contribution in [-0.2, 0) is 16.3 Å². The summed E-state index contributed by atoms with van der Waals surface area (Å²) in [5.74, 6) is -35.3. The summed E-state index contributed by atoms with van der Waals surface area (Å²) in [5.41, 5.74) is -12.0. The van der Waals surface area contributed by atoms with E-state index in [1.54, 1.807) is 0 Å². The molecule has 3 rings (SSSR count). The van der Waals surface area contributed by atoms with Crippen molar-refractivity contribution in [2.75, 3.05) is 13.7 Å². The van der Waals surface area contributed by atoms with Gasteiger partial charge in [0.25, 0.3) is 17.3 Å². The maximum atomic E-state index is 13.1. The number of carbonyl (C=O) groups is 1. The molecule has 2 unspecified atom stereocenters. The fourth-order valence-corrected chi connectivity index (χ4v) is 5.01. The van der Waals surface area contributed by atoms with Gasteiger partial charge in [-0.2, -0.15) is 0 Å². The summed E-state index contributed by atoms with van der Waals surface area (Å²) in [6, 6.07) is 0. The number of Topliss-reactive ketones (excluding diaryl/α,β-unsaturated/α-hetero) is 1. The van der Waals surface area contributed by atoms with E-state index in [1.807, 2.05) is 0 Å². The SMILES string of the molecule is COc1c(O)c2c(c(O)c1OC(O)(O)O)C(O)(O)C(O)(O)N1CC(C(O)(O)C(O)(C(O)(O)O)C(O)(O)O)C(=O)CC21O. The standard InChI is InChI=1S/C19H27NO22/c1-41-10-8(22)6-7(9(23)11(10)42-19(38,39)40)14(27,28)16(30,31)20-3-4(5(21)2-12(6,20)24)13(25,26)15(29,17(32,33)34)18(35,36)37/h4,22-40H,2-3H2,1H3. The molecular formula is C19H27NO22. The van der Waals surface area contributed by atoms with E-state index in [1.165, 1.54) is 0 Å². The highest BCUT2D eigenvalue weighted by atomic mass is 16.9. The van der Waals surface area contributed by atoms with E-state index in [0.717, 1.165) is 0 Å². The van der Waals surface area contributed by atoms with Crippen LogP contribution in [-0.4, -0.2) is 157 Å². The molecule has 0 radical (unpaired) electrons. The molecule has 0 saturated carbocycles. The second kappa shape index (κ2) is 9.19. The summed E-state index contributed by atoms with van der Waals surface area (Å²) in [5, 5.41) is 191. The van der Waals surface area contributed by atoms with Gasteiger partial charge in [-0.3, -0.25) is 4.79 Å². The Labute approximate surface area is 229 Å². The Morgan fingerprint density at radius 2 is 1.21 bits per heavy atom. The van der Waals surface area contributed by atoms with Gasteiger partial charge >= 0.3 is 18.1 Å². The lowest BCUT2D eigenvalue weighted by Gasteiger charge is -2.59. The number of hydrogen-bond donors (Lipinski definition) is 19. The largest absolute Gasteiger partial charge is 0.504 e. The molecule has 1 aromatic carbocycles. The number of nitrogens with zero attached hydrogens (tertiary/aromatic N) is 1. The van der Waals surface area contributed by atoms with E-state index in [-0.39, 0.29) is 0 Å². The first-order valence-electron chi connectivity index (χ1n) is 10.9. The number of benzene rings is 1. The summed E-state index contributed by atoms with van der Waals surface area (Å²) in [7, 11) is 0.685. The number of hydrogen-bond acceptors (Lipinski definition) is 23. The first-order chi connectivity index (χ1) is 18.5. The van der Waals surface area contributed by atoms with Crippen LogP contribution < -0.4 is 9.47 Å². The molecular weight excluding hydrogens is 594 g/mol. The van der Waals surface area contributed by atoms with E-state index in [9.17, 15) is 86.5 Å². The van der Waals surface area contributed by atoms with Crippen LogP contribution in [0.25, 0.3) is 0 Å². The molecule has 1 fully saturated rings. The van der Waals surface area contributed by atoms with Crippen molar-refractivity contribution in [1.82, 2.24) is 4.90 Å². The number of ether oxygens (including phenoxy) is 2. The molecule has 1 aromatic rings. The molecule has 42 heavy (non-hydrogen) atoms. The average Bonchev–Trinajstić information content (AvgIpc) is 2.76. The molecule has 0 aliphatic carbocycles. The first kappa shape index (κ1) is 33.9. The van der Waals surface area contributed by atoms with Crippen molar-refractivity contribution in [2.24, 2.45) is 5.92 Å². The third-order valence-corrected chi connectivity index (χ3v) is 7.01. The van der Waals surface area contributed by atoms with Crippen molar-refractivity contribution in [2.45, 2.75) is 53.3 Å². The number of carbonyl (C=O) groups excluding carboxylic acids is 1. The Morgan fingerprint density at radius 3 is 1.62 bits per heavy atom. The molecule has 0 aromatic heterocycles. The normalized spacial score (nSPS) is 25.1. The van der Waals surface area contributed by atoms with Crippen molar-refractivity contribution in [1.29, 1.82) is 0 Å². The third-order valence-electron chi connectivity index (χ3n) is 7.01. The molecule has 1 saturated heterocycles. The van der Waals surface area contributed by atoms with E-state index >= 15 is 0 Å². The maximum Gasteiger partial charge on any atom is 0.453 e. The zero-order valence-electron chi connectivity index (χ0n) is 20.7. The molecule has 0 spiro atoms. The quantitative estimate of drug-likeness (QED) is 0.0992. The van der Waals surface area contributed by atoms with Gasteiger partial charge in [0.2, 0.25) is 17.3 Å². The number of fused-ring (bicyclic) bond motifs is 3. The highest BCUT2D eigenvalue weighted by Crippen LogP contribution is 2.62. The van der Waals surface area contributed by atoms with Gasteiger partial charge in [-0.15, -0.1) is 0 Å². The van der Waals surface area contributed by atoms with Crippen molar-refractivity contribution < 1.29 is 111 Å². The summed E-state index contributed by atoms with van der Waals surface area (Å²) < 4.78 is 8.85. The minimum Gasteiger partial charge on any atom is -0.504 e. The minimum atomic E-state index is -5.19. The van der Waals surface area contributed by atoms with Crippen molar-refractivity contribution in [3.8, 4) is 23.0 Å². The van der Waals surface area contributed by atoms with Gasteiger partial charge in [0, 0.05) is 6.54 Å². The molecule has 2 aliphatic heterocycles. The summed E-state index contributed by atoms with van der Waals surface area (Å²) in [4.78, 5) is 12.6. The number of methoxy groups -OCH3 is 1. The van der Waals surface area contributed by atoms with Crippen LogP contribution in [0.5, 0.6) is 23.0 Å².